The molecule has 6 nitrogen and oxygen atoms in total. The second-order valence-corrected chi connectivity index (χ2v) is 7.37. The van der Waals surface area contributed by atoms with E-state index in [2.05, 4.69) is 29.8 Å². The predicted molar refractivity (Wildman–Crippen MR) is 115 cm³/mol. The molecule has 0 saturated heterocycles. The number of carbonyl (C=O) groups is 1. The minimum Gasteiger partial charge on any atom is -0.484 e. The summed E-state index contributed by atoms with van der Waals surface area (Å²) in [5.74, 6) is 2.28. The van der Waals surface area contributed by atoms with Crippen molar-refractivity contribution >= 4 is 11.9 Å². The monoisotopic (exact) mass is 388 g/mol. The standard InChI is InChI=1S/C22H36N4O2/c1-4-17-9-7-11-19(13-17)26-22(24-6-3)25-15-18-10-8-12-20(14-18)28-16-21(27)23-5-2/h8,10,12,14,17,19H,4-7,9,11,13,15-16H2,1-3H3,(H,23,27)(H2,24,25,26). The molecular formula is C22H36N4O2. The molecule has 1 saturated carbocycles. The fourth-order valence-electron chi connectivity index (χ4n) is 3.61. The van der Waals surface area contributed by atoms with Gasteiger partial charge in [0.1, 0.15) is 5.75 Å². The first-order valence-corrected chi connectivity index (χ1v) is 10.7. The number of nitrogens with one attached hydrogen (secondary N) is 3. The van der Waals surface area contributed by atoms with Crippen LogP contribution in [0.1, 0.15) is 58.4 Å². The van der Waals surface area contributed by atoms with Gasteiger partial charge in [-0.2, -0.15) is 0 Å². The maximum Gasteiger partial charge on any atom is 0.257 e. The van der Waals surface area contributed by atoms with Crippen molar-refractivity contribution in [1.82, 2.24) is 16.0 Å². The Bertz CT molecular complexity index is 633. The first-order valence-electron chi connectivity index (χ1n) is 10.7. The number of ether oxygens (including phenoxy) is 1. The number of aliphatic imine (C=N–C) groups is 1. The molecule has 2 unspecified atom stereocenters. The second kappa shape index (κ2) is 12.3. The Kier molecular flexibility index (Phi) is 9.66. The number of guanidine groups is 1. The van der Waals surface area contributed by atoms with E-state index in [1.807, 2.05) is 31.2 Å². The molecule has 0 spiro atoms. The van der Waals surface area contributed by atoms with Gasteiger partial charge in [-0.25, -0.2) is 4.99 Å². The summed E-state index contributed by atoms with van der Waals surface area (Å²) < 4.78 is 5.57. The topological polar surface area (TPSA) is 74.8 Å². The Hall–Kier alpha value is -2.24. The maximum atomic E-state index is 11.5. The smallest absolute Gasteiger partial charge is 0.257 e. The largest absolute Gasteiger partial charge is 0.484 e. The molecule has 1 aromatic carbocycles. The molecule has 3 N–H and O–H groups in total. The van der Waals surface area contributed by atoms with Crippen molar-refractivity contribution in [3.63, 3.8) is 0 Å². The van der Waals surface area contributed by atoms with E-state index in [4.69, 9.17) is 9.73 Å². The number of carbonyl (C=O) groups excluding carboxylic acids is 1. The van der Waals surface area contributed by atoms with E-state index >= 15 is 0 Å². The summed E-state index contributed by atoms with van der Waals surface area (Å²) in [7, 11) is 0. The summed E-state index contributed by atoms with van der Waals surface area (Å²) in [6, 6.07) is 8.27. The van der Waals surface area contributed by atoms with Crippen LogP contribution in [0.3, 0.4) is 0 Å². The fourth-order valence-corrected chi connectivity index (χ4v) is 3.61. The second-order valence-electron chi connectivity index (χ2n) is 7.37. The molecular weight excluding hydrogens is 352 g/mol. The minimum atomic E-state index is -0.109. The van der Waals surface area contributed by atoms with Crippen molar-refractivity contribution < 1.29 is 9.53 Å². The maximum absolute atomic E-state index is 11.5. The number of benzene rings is 1. The van der Waals surface area contributed by atoms with Gasteiger partial charge in [-0.15, -0.1) is 0 Å². The van der Waals surface area contributed by atoms with Crippen LogP contribution >= 0.6 is 0 Å². The molecule has 0 radical (unpaired) electrons. The molecule has 6 heteroatoms. The molecule has 156 valence electrons. The van der Waals surface area contributed by atoms with Crippen molar-refractivity contribution in [2.75, 3.05) is 19.7 Å². The minimum absolute atomic E-state index is 0.0328. The zero-order valence-corrected chi connectivity index (χ0v) is 17.6. The first kappa shape index (κ1) is 22.1. The van der Waals surface area contributed by atoms with Gasteiger partial charge in [-0.1, -0.05) is 38.3 Å². The zero-order valence-electron chi connectivity index (χ0n) is 17.6. The summed E-state index contributed by atoms with van der Waals surface area (Å²) in [5.41, 5.74) is 1.06. The van der Waals surface area contributed by atoms with Crippen molar-refractivity contribution in [2.45, 2.75) is 65.5 Å². The zero-order chi connectivity index (χ0) is 20.2. The van der Waals surface area contributed by atoms with Crippen LogP contribution in [-0.4, -0.2) is 37.6 Å². The first-order chi connectivity index (χ1) is 13.6. The van der Waals surface area contributed by atoms with Gasteiger partial charge < -0.3 is 20.7 Å². The predicted octanol–water partition coefficient (Wildman–Crippen LogP) is 3.23. The molecule has 1 fully saturated rings. The van der Waals surface area contributed by atoms with Crippen molar-refractivity contribution in [2.24, 2.45) is 10.9 Å². The van der Waals surface area contributed by atoms with Gasteiger partial charge in [-0.05, 0) is 50.3 Å². The van der Waals surface area contributed by atoms with Crippen LogP contribution in [0.5, 0.6) is 5.75 Å². The molecule has 0 heterocycles. The van der Waals surface area contributed by atoms with E-state index in [9.17, 15) is 4.79 Å². The van der Waals surface area contributed by atoms with E-state index < -0.39 is 0 Å². The van der Waals surface area contributed by atoms with E-state index in [1.54, 1.807) is 0 Å². The highest BCUT2D eigenvalue weighted by Gasteiger charge is 2.21. The average molecular weight is 389 g/mol. The van der Waals surface area contributed by atoms with E-state index in [-0.39, 0.29) is 12.5 Å². The van der Waals surface area contributed by atoms with Crippen molar-refractivity contribution in [3.8, 4) is 5.75 Å². The van der Waals surface area contributed by atoms with Gasteiger partial charge in [0.15, 0.2) is 12.6 Å². The third kappa shape index (κ3) is 7.79. The third-order valence-electron chi connectivity index (χ3n) is 5.11. The van der Waals surface area contributed by atoms with E-state index in [1.165, 1.54) is 32.1 Å². The summed E-state index contributed by atoms with van der Waals surface area (Å²) in [5, 5.41) is 9.70. The van der Waals surface area contributed by atoms with Gasteiger partial charge in [0, 0.05) is 19.1 Å². The Balaban J connectivity index is 1.92. The van der Waals surface area contributed by atoms with Crippen LogP contribution < -0.4 is 20.7 Å². The number of hydrogen-bond donors (Lipinski definition) is 3. The van der Waals surface area contributed by atoms with Crippen molar-refractivity contribution in [1.29, 1.82) is 0 Å². The van der Waals surface area contributed by atoms with Gasteiger partial charge in [0.25, 0.3) is 5.91 Å². The quantitative estimate of drug-likeness (QED) is 0.448. The van der Waals surface area contributed by atoms with E-state index in [0.29, 0.717) is 24.9 Å². The lowest BCUT2D eigenvalue weighted by atomic mass is 9.84. The van der Waals surface area contributed by atoms with Crippen molar-refractivity contribution in [3.05, 3.63) is 29.8 Å². The number of rotatable bonds is 9. The van der Waals surface area contributed by atoms with Gasteiger partial charge in [-0.3, -0.25) is 4.79 Å². The highest BCUT2D eigenvalue weighted by atomic mass is 16.5. The molecule has 1 aliphatic rings. The van der Waals surface area contributed by atoms with Crippen LogP contribution in [0.4, 0.5) is 0 Å². The normalized spacial score (nSPS) is 19.8. The molecule has 1 amide bonds. The van der Waals surface area contributed by atoms with Crippen LogP contribution in [0.2, 0.25) is 0 Å². The van der Waals surface area contributed by atoms with Gasteiger partial charge in [0.2, 0.25) is 0 Å². The summed E-state index contributed by atoms with van der Waals surface area (Å²) in [6.45, 7) is 8.31. The van der Waals surface area contributed by atoms with E-state index in [0.717, 1.165) is 24.0 Å². The highest BCUT2D eigenvalue weighted by molar-refractivity contribution is 5.80. The lowest BCUT2D eigenvalue weighted by molar-refractivity contribution is -0.122. The fraction of sp³-hybridized carbons (Fsp3) is 0.636. The molecule has 28 heavy (non-hydrogen) atoms. The number of amides is 1. The SMILES string of the molecule is CCNC(=O)COc1cccc(CN=C(NCC)NC2CCCC(CC)C2)c1. The van der Waals surface area contributed by atoms with Gasteiger partial charge >= 0.3 is 0 Å². The molecule has 0 aliphatic heterocycles. The van der Waals surface area contributed by atoms with Gasteiger partial charge in [0.05, 0.1) is 6.54 Å². The summed E-state index contributed by atoms with van der Waals surface area (Å²) in [4.78, 5) is 16.3. The Morgan fingerprint density at radius 2 is 2.00 bits per heavy atom. The molecule has 1 aliphatic carbocycles. The van der Waals surface area contributed by atoms with Crippen LogP contribution in [-0.2, 0) is 11.3 Å². The summed E-state index contributed by atoms with van der Waals surface area (Å²) >= 11 is 0. The highest BCUT2D eigenvalue weighted by Crippen LogP contribution is 2.26. The Morgan fingerprint density at radius 1 is 1.18 bits per heavy atom. The number of hydrogen-bond acceptors (Lipinski definition) is 3. The number of nitrogens with zero attached hydrogens (tertiary/aromatic N) is 1. The lowest BCUT2D eigenvalue weighted by Crippen LogP contribution is -2.45. The Morgan fingerprint density at radius 3 is 2.75 bits per heavy atom. The van der Waals surface area contributed by atoms with Crippen LogP contribution in [0, 0.1) is 5.92 Å². The lowest BCUT2D eigenvalue weighted by Gasteiger charge is -2.30. The summed E-state index contributed by atoms with van der Waals surface area (Å²) in [6.07, 6.45) is 6.34. The molecule has 2 atom stereocenters. The molecule has 0 aromatic heterocycles. The van der Waals surface area contributed by atoms with Crippen LogP contribution in [0.15, 0.2) is 29.3 Å². The third-order valence-corrected chi connectivity index (χ3v) is 5.11. The Labute approximate surface area is 169 Å². The molecule has 2 rings (SSSR count). The number of likely N-dealkylation sites (N-methyl/N-ethyl adjacent to an activating group) is 1. The molecule has 0 bridgehead atoms. The average Bonchev–Trinajstić information content (AvgIpc) is 2.71. The van der Waals surface area contributed by atoms with Crippen LogP contribution in [0.25, 0.3) is 0 Å². The molecule has 1 aromatic rings.